The summed E-state index contributed by atoms with van der Waals surface area (Å²) in [6.45, 7) is 1.41. The normalized spacial score (nSPS) is 21.2. The second-order valence-corrected chi connectivity index (χ2v) is 6.44. The van der Waals surface area contributed by atoms with Gasteiger partial charge in [-0.05, 0) is 36.6 Å². The highest BCUT2D eigenvalue weighted by Gasteiger charge is 2.35. The first-order chi connectivity index (χ1) is 11.7. The standard InChI is InChI=1S/C19H20N2O3/c22-18(17-13-14-5-1-2-6-16(14)19(23)24-17)21-11-7-15(8-12-21)20-9-3-4-10-20/h1-6,9-10,15,17H,7-8,11-13H2/t17-/m0/s1. The predicted molar refractivity (Wildman–Crippen MR) is 88.6 cm³/mol. The maximum absolute atomic E-state index is 12.7. The van der Waals surface area contributed by atoms with Crippen molar-refractivity contribution >= 4 is 11.9 Å². The van der Waals surface area contributed by atoms with E-state index >= 15 is 0 Å². The van der Waals surface area contributed by atoms with Crippen molar-refractivity contribution in [3.8, 4) is 0 Å². The van der Waals surface area contributed by atoms with Gasteiger partial charge in [-0.1, -0.05) is 18.2 Å². The number of piperidine rings is 1. The highest BCUT2D eigenvalue weighted by molar-refractivity contribution is 5.95. The van der Waals surface area contributed by atoms with E-state index in [0.29, 0.717) is 31.1 Å². The first-order valence-electron chi connectivity index (χ1n) is 8.42. The van der Waals surface area contributed by atoms with Crippen LogP contribution in [-0.2, 0) is 16.0 Å². The molecule has 1 atom stereocenters. The second-order valence-electron chi connectivity index (χ2n) is 6.44. The number of cyclic esters (lactones) is 1. The van der Waals surface area contributed by atoms with Crippen LogP contribution in [0.1, 0.15) is 34.8 Å². The Morgan fingerprint density at radius 2 is 1.75 bits per heavy atom. The van der Waals surface area contributed by atoms with E-state index in [1.165, 1.54) is 0 Å². The van der Waals surface area contributed by atoms with Crippen LogP contribution in [-0.4, -0.2) is 40.5 Å². The molecule has 0 unspecified atom stereocenters. The van der Waals surface area contributed by atoms with Crippen LogP contribution in [0, 0.1) is 0 Å². The molecule has 1 saturated heterocycles. The van der Waals surface area contributed by atoms with Crippen LogP contribution in [0.3, 0.4) is 0 Å². The average Bonchev–Trinajstić information content (AvgIpc) is 3.16. The first-order valence-corrected chi connectivity index (χ1v) is 8.42. The lowest BCUT2D eigenvalue weighted by atomic mass is 9.97. The molecular formula is C19H20N2O3. The van der Waals surface area contributed by atoms with Gasteiger partial charge in [-0.2, -0.15) is 0 Å². The van der Waals surface area contributed by atoms with Gasteiger partial charge in [0.1, 0.15) is 0 Å². The van der Waals surface area contributed by atoms with Gasteiger partial charge in [-0.25, -0.2) is 4.79 Å². The van der Waals surface area contributed by atoms with Crippen molar-refractivity contribution in [3.63, 3.8) is 0 Å². The number of hydrogen-bond donors (Lipinski definition) is 0. The number of amides is 1. The largest absolute Gasteiger partial charge is 0.448 e. The Morgan fingerprint density at radius 3 is 2.50 bits per heavy atom. The van der Waals surface area contributed by atoms with Crippen LogP contribution in [0.4, 0.5) is 0 Å². The molecule has 4 rings (SSSR count). The molecule has 2 aliphatic rings. The monoisotopic (exact) mass is 324 g/mol. The van der Waals surface area contributed by atoms with E-state index in [2.05, 4.69) is 17.0 Å². The summed E-state index contributed by atoms with van der Waals surface area (Å²) < 4.78 is 7.60. The number of benzene rings is 1. The van der Waals surface area contributed by atoms with Crippen LogP contribution >= 0.6 is 0 Å². The molecule has 0 bridgehead atoms. The van der Waals surface area contributed by atoms with Crippen LogP contribution in [0.25, 0.3) is 0 Å². The van der Waals surface area contributed by atoms with Gasteiger partial charge >= 0.3 is 5.97 Å². The molecule has 1 amide bonds. The summed E-state index contributed by atoms with van der Waals surface area (Å²) in [5.41, 5.74) is 1.47. The third-order valence-electron chi connectivity index (χ3n) is 4.99. The Morgan fingerprint density at radius 1 is 1.04 bits per heavy atom. The number of rotatable bonds is 2. The van der Waals surface area contributed by atoms with Crippen LogP contribution in [0.5, 0.6) is 0 Å². The highest BCUT2D eigenvalue weighted by atomic mass is 16.5. The molecule has 3 heterocycles. The molecule has 1 fully saturated rings. The van der Waals surface area contributed by atoms with Crippen molar-refractivity contribution < 1.29 is 14.3 Å². The Balaban J connectivity index is 1.41. The minimum atomic E-state index is -0.685. The quantitative estimate of drug-likeness (QED) is 0.797. The number of fused-ring (bicyclic) bond motifs is 1. The topological polar surface area (TPSA) is 51.5 Å². The third kappa shape index (κ3) is 2.70. The molecule has 0 saturated carbocycles. The van der Waals surface area contributed by atoms with Crippen molar-refractivity contribution in [3.05, 3.63) is 59.9 Å². The molecule has 2 aliphatic heterocycles. The van der Waals surface area contributed by atoms with E-state index in [0.717, 1.165) is 18.4 Å². The SMILES string of the molecule is O=C1O[C@H](C(=O)N2CCC(n3cccc3)CC2)Cc2ccccc21. The molecule has 2 aromatic rings. The minimum absolute atomic E-state index is 0.0659. The number of carbonyl (C=O) groups is 2. The fraction of sp³-hybridized carbons (Fsp3) is 0.368. The zero-order valence-electron chi connectivity index (χ0n) is 13.4. The number of esters is 1. The van der Waals surface area contributed by atoms with E-state index < -0.39 is 12.1 Å². The Labute approximate surface area is 140 Å². The summed E-state index contributed by atoms with van der Waals surface area (Å²) in [7, 11) is 0. The molecule has 1 aromatic carbocycles. The Kier molecular flexibility index (Phi) is 3.84. The fourth-order valence-electron chi connectivity index (χ4n) is 3.65. The smallest absolute Gasteiger partial charge is 0.339 e. The van der Waals surface area contributed by atoms with Gasteiger partial charge in [0.05, 0.1) is 5.56 Å². The number of aromatic nitrogens is 1. The molecule has 0 aliphatic carbocycles. The van der Waals surface area contributed by atoms with Crippen LogP contribution < -0.4 is 0 Å². The number of likely N-dealkylation sites (tertiary alicyclic amines) is 1. The maximum atomic E-state index is 12.7. The number of ether oxygens (including phenoxy) is 1. The second kappa shape index (κ2) is 6.15. The molecule has 0 N–H and O–H groups in total. The van der Waals surface area contributed by atoms with Crippen molar-refractivity contribution in [2.24, 2.45) is 0 Å². The Hall–Kier alpha value is -2.56. The maximum Gasteiger partial charge on any atom is 0.339 e. The third-order valence-corrected chi connectivity index (χ3v) is 4.99. The van der Waals surface area contributed by atoms with E-state index in [4.69, 9.17) is 4.74 Å². The lowest BCUT2D eigenvalue weighted by Crippen LogP contribution is -2.47. The predicted octanol–water partition coefficient (Wildman–Crippen LogP) is 2.43. The van der Waals surface area contributed by atoms with Crippen molar-refractivity contribution in [2.75, 3.05) is 13.1 Å². The molecule has 5 heteroatoms. The lowest BCUT2D eigenvalue weighted by molar-refractivity contribution is -0.142. The molecule has 1 aromatic heterocycles. The summed E-state index contributed by atoms with van der Waals surface area (Å²) in [6, 6.07) is 11.8. The molecule has 0 spiro atoms. The molecule has 0 radical (unpaired) electrons. The van der Waals surface area contributed by atoms with Crippen molar-refractivity contribution in [1.29, 1.82) is 0 Å². The van der Waals surface area contributed by atoms with Crippen LogP contribution in [0.15, 0.2) is 48.8 Å². The number of carbonyl (C=O) groups excluding carboxylic acids is 2. The van der Waals surface area contributed by atoms with Gasteiger partial charge in [-0.3, -0.25) is 4.79 Å². The van der Waals surface area contributed by atoms with E-state index in [9.17, 15) is 9.59 Å². The summed E-state index contributed by atoms with van der Waals surface area (Å²) in [6.07, 6.45) is 5.79. The van der Waals surface area contributed by atoms with Gasteiger partial charge in [0.25, 0.3) is 5.91 Å². The van der Waals surface area contributed by atoms with Gasteiger partial charge in [-0.15, -0.1) is 0 Å². The van der Waals surface area contributed by atoms with E-state index in [1.807, 2.05) is 35.2 Å². The summed E-state index contributed by atoms with van der Waals surface area (Å²) in [4.78, 5) is 26.7. The van der Waals surface area contributed by atoms with Gasteiger partial charge in [0.2, 0.25) is 0 Å². The van der Waals surface area contributed by atoms with Crippen molar-refractivity contribution in [2.45, 2.75) is 31.4 Å². The number of nitrogens with zero attached hydrogens (tertiary/aromatic N) is 2. The van der Waals surface area contributed by atoms with E-state index in [1.54, 1.807) is 6.07 Å². The summed E-state index contributed by atoms with van der Waals surface area (Å²) in [5, 5.41) is 0. The van der Waals surface area contributed by atoms with Crippen LogP contribution in [0.2, 0.25) is 0 Å². The summed E-state index contributed by atoms with van der Waals surface area (Å²) in [5.74, 6) is -0.457. The van der Waals surface area contributed by atoms with Gasteiger partial charge < -0.3 is 14.2 Å². The van der Waals surface area contributed by atoms with Crippen molar-refractivity contribution in [1.82, 2.24) is 9.47 Å². The van der Waals surface area contributed by atoms with E-state index in [-0.39, 0.29) is 5.91 Å². The van der Waals surface area contributed by atoms with Gasteiger partial charge in [0.15, 0.2) is 6.10 Å². The summed E-state index contributed by atoms with van der Waals surface area (Å²) >= 11 is 0. The number of hydrogen-bond acceptors (Lipinski definition) is 3. The minimum Gasteiger partial charge on any atom is -0.448 e. The van der Waals surface area contributed by atoms with Gasteiger partial charge in [0, 0.05) is 37.9 Å². The zero-order chi connectivity index (χ0) is 16.5. The lowest BCUT2D eigenvalue weighted by Gasteiger charge is -2.35. The molecular weight excluding hydrogens is 304 g/mol. The molecule has 124 valence electrons. The Bertz CT molecular complexity index is 746. The average molecular weight is 324 g/mol. The molecule has 24 heavy (non-hydrogen) atoms. The molecule has 5 nitrogen and oxygen atoms in total. The zero-order valence-corrected chi connectivity index (χ0v) is 13.4. The first kappa shape index (κ1) is 15.0. The highest BCUT2D eigenvalue weighted by Crippen LogP contribution is 2.26. The fourth-order valence-corrected chi connectivity index (χ4v) is 3.65.